The maximum atomic E-state index is 11.3. The Bertz CT molecular complexity index is 536. The summed E-state index contributed by atoms with van der Waals surface area (Å²) in [6.45, 7) is 5.12. The molecule has 25 heavy (non-hydrogen) atoms. The second-order valence-electron chi connectivity index (χ2n) is 6.81. The van der Waals surface area contributed by atoms with E-state index in [1.807, 2.05) is 6.07 Å². The highest BCUT2D eigenvalue weighted by Gasteiger charge is 2.41. The van der Waals surface area contributed by atoms with E-state index in [9.17, 15) is 5.11 Å². The van der Waals surface area contributed by atoms with Gasteiger partial charge in [0.1, 0.15) is 5.75 Å². The Morgan fingerprint density at radius 2 is 1.88 bits per heavy atom. The molecule has 1 saturated carbocycles. The molecule has 0 amide bonds. The number of nitrogens with one attached hydrogen (secondary N) is 1. The summed E-state index contributed by atoms with van der Waals surface area (Å²) in [6, 6.07) is 6.25. The summed E-state index contributed by atoms with van der Waals surface area (Å²) >= 11 is 3.60. The molecule has 3 rings (SSSR count). The zero-order valence-electron chi connectivity index (χ0n) is 14.7. The van der Waals surface area contributed by atoms with Crippen molar-refractivity contribution in [2.75, 3.05) is 39.8 Å². The number of halogens is 3. The summed E-state index contributed by atoms with van der Waals surface area (Å²) in [5, 5.41) is 14.7. The van der Waals surface area contributed by atoms with Crippen molar-refractivity contribution in [2.45, 2.75) is 37.2 Å². The van der Waals surface area contributed by atoms with Gasteiger partial charge in [-0.05, 0) is 46.5 Å². The maximum Gasteiger partial charge on any atom is 0.133 e. The summed E-state index contributed by atoms with van der Waals surface area (Å²) in [5.74, 6) is 0.999. The summed E-state index contributed by atoms with van der Waals surface area (Å²) in [6.07, 6.45) is 4.08. The monoisotopic (exact) mass is 454 g/mol. The fourth-order valence-electron chi connectivity index (χ4n) is 3.97. The first-order valence-corrected chi connectivity index (χ1v) is 9.40. The van der Waals surface area contributed by atoms with Crippen LogP contribution in [0.15, 0.2) is 22.7 Å². The number of piperazine rings is 1. The minimum absolute atomic E-state index is 0. The van der Waals surface area contributed by atoms with E-state index in [2.05, 4.69) is 38.3 Å². The van der Waals surface area contributed by atoms with Crippen LogP contribution in [0.3, 0.4) is 0 Å². The van der Waals surface area contributed by atoms with E-state index in [0.29, 0.717) is 0 Å². The summed E-state index contributed by atoms with van der Waals surface area (Å²) in [4.78, 5) is 2.48. The normalized spacial score (nSPS) is 21.1. The highest BCUT2D eigenvalue weighted by atomic mass is 79.9. The Kier molecular flexibility index (Phi) is 9.51. The number of hydrogen-bond acceptors (Lipinski definition) is 4. The van der Waals surface area contributed by atoms with Crippen molar-refractivity contribution < 1.29 is 9.84 Å². The molecule has 1 heterocycles. The fourth-order valence-corrected chi connectivity index (χ4v) is 4.53. The van der Waals surface area contributed by atoms with Gasteiger partial charge in [0.2, 0.25) is 0 Å². The van der Waals surface area contributed by atoms with E-state index in [1.165, 1.54) is 5.56 Å². The molecule has 2 aliphatic rings. The number of ether oxygens (including phenoxy) is 1. The van der Waals surface area contributed by atoms with Crippen molar-refractivity contribution in [3.05, 3.63) is 28.2 Å². The van der Waals surface area contributed by atoms with E-state index in [-0.39, 0.29) is 30.7 Å². The third-order valence-electron chi connectivity index (χ3n) is 5.35. The minimum Gasteiger partial charge on any atom is -0.496 e. The van der Waals surface area contributed by atoms with Crippen molar-refractivity contribution >= 4 is 40.7 Å². The van der Waals surface area contributed by atoms with Crippen molar-refractivity contribution in [1.82, 2.24) is 10.2 Å². The first-order valence-electron chi connectivity index (χ1n) is 8.61. The second-order valence-corrected chi connectivity index (χ2v) is 7.66. The number of hydrogen-bond donors (Lipinski definition) is 2. The number of aliphatic hydroxyl groups is 1. The van der Waals surface area contributed by atoms with E-state index in [0.717, 1.165) is 68.6 Å². The van der Waals surface area contributed by atoms with Gasteiger partial charge in [0.15, 0.2) is 0 Å². The van der Waals surface area contributed by atoms with Gasteiger partial charge in [0.25, 0.3) is 0 Å². The van der Waals surface area contributed by atoms with Gasteiger partial charge in [-0.1, -0.05) is 18.9 Å². The van der Waals surface area contributed by atoms with Gasteiger partial charge in [0.05, 0.1) is 17.2 Å². The van der Waals surface area contributed by atoms with Gasteiger partial charge in [0, 0.05) is 38.6 Å². The van der Waals surface area contributed by atoms with Gasteiger partial charge >= 0.3 is 0 Å². The van der Waals surface area contributed by atoms with Gasteiger partial charge in [-0.25, -0.2) is 0 Å². The third-order valence-corrected chi connectivity index (χ3v) is 5.97. The fraction of sp³-hybridized carbons (Fsp3) is 0.667. The van der Waals surface area contributed by atoms with Gasteiger partial charge in [-0.3, -0.25) is 0 Å². The molecule has 1 atom stereocenters. The first kappa shape index (κ1) is 23.0. The van der Waals surface area contributed by atoms with E-state index in [1.54, 1.807) is 7.11 Å². The average molecular weight is 456 g/mol. The van der Waals surface area contributed by atoms with E-state index >= 15 is 0 Å². The molecule has 1 unspecified atom stereocenters. The molecule has 1 aromatic rings. The van der Waals surface area contributed by atoms with Crippen LogP contribution in [0.2, 0.25) is 0 Å². The van der Waals surface area contributed by atoms with Gasteiger partial charge in [-0.2, -0.15) is 0 Å². The zero-order chi connectivity index (χ0) is 16.3. The Morgan fingerprint density at radius 3 is 2.44 bits per heavy atom. The topological polar surface area (TPSA) is 44.7 Å². The highest BCUT2D eigenvalue weighted by molar-refractivity contribution is 9.10. The standard InChI is InChI=1S/C18H27BrN2O2.2ClH/c1-23-17-5-4-14(12-16(17)19)15(18(22)6-2-3-7-18)13-21-10-8-20-9-11-21;;/h4-5,12,15,20,22H,2-3,6-11,13H2,1H3;2*1H. The lowest BCUT2D eigenvalue weighted by Gasteiger charge is -2.38. The SMILES string of the molecule is COc1ccc(C(CN2CCNCC2)C2(O)CCCC2)cc1Br.Cl.Cl. The van der Waals surface area contributed by atoms with E-state index in [4.69, 9.17) is 4.74 Å². The van der Waals surface area contributed by atoms with Crippen LogP contribution in [0.1, 0.15) is 37.2 Å². The molecule has 1 aromatic carbocycles. The molecule has 4 nitrogen and oxygen atoms in total. The minimum atomic E-state index is -0.571. The molecular formula is C18H29BrCl2N2O2. The van der Waals surface area contributed by atoms with Crippen LogP contribution in [-0.2, 0) is 0 Å². The molecule has 1 aliphatic heterocycles. The van der Waals surface area contributed by atoms with Crippen LogP contribution in [0.25, 0.3) is 0 Å². The number of rotatable bonds is 5. The molecule has 0 spiro atoms. The van der Waals surface area contributed by atoms with Gasteiger partial charge < -0.3 is 20.1 Å². The predicted octanol–water partition coefficient (Wildman–Crippen LogP) is 3.60. The largest absolute Gasteiger partial charge is 0.496 e. The Morgan fingerprint density at radius 1 is 1.24 bits per heavy atom. The maximum absolute atomic E-state index is 11.3. The predicted molar refractivity (Wildman–Crippen MR) is 111 cm³/mol. The molecule has 2 fully saturated rings. The molecule has 0 bridgehead atoms. The number of nitrogens with zero attached hydrogens (tertiary/aromatic N) is 1. The Balaban J connectivity index is 0.00000156. The number of benzene rings is 1. The lowest BCUT2D eigenvalue weighted by Crippen LogP contribution is -2.48. The van der Waals surface area contributed by atoms with E-state index < -0.39 is 5.60 Å². The van der Waals surface area contributed by atoms with Crippen molar-refractivity contribution in [2.24, 2.45) is 0 Å². The van der Waals surface area contributed by atoms with Crippen LogP contribution >= 0.6 is 40.7 Å². The molecule has 1 saturated heterocycles. The van der Waals surface area contributed by atoms with Crippen LogP contribution in [0.5, 0.6) is 5.75 Å². The van der Waals surface area contributed by atoms with Crippen molar-refractivity contribution in [3.63, 3.8) is 0 Å². The average Bonchev–Trinajstić information content (AvgIpc) is 3.01. The molecule has 144 valence electrons. The lowest BCUT2D eigenvalue weighted by molar-refractivity contribution is 0.00494. The third kappa shape index (κ3) is 5.47. The smallest absolute Gasteiger partial charge is 0.133 e. The second kappa shape index (κ2) is 10.3. The molecular weight excluding hydrogens is 427 g/mol. The molecule has 1 aliphatic carbocycles. The molecule has 0 aromatic heterocycles. The van der Waals surface area contributed by atoms with Crippen LogP contribution in [-0.4, -0.2) is 55.4 Å². The zero-order valence-corrected chi connectivity index (χ0v) is 17.9. The lowest BCUT2D eigenvalue weighted by atomic mass is 9.80. The molecule has 0 radical (unpaired) electrons. The van der Waals surface area contributed by atoms with Crippen LogP contribution < -0.4 is 10.1 Å². The molecule has 7 heteroatoms. The van der Waals surface area contributed by atoms with Crippen molar-refractivity contribution in [1.29, 1.82) is 0 Å². The van der Waals surface area contributed by atoms with Crippen LogP contribution in [0.4, 0.5) is 0 Å². The Labute approximate surface area is 171 Å². The first-order chi connectivity index (χ1) is 11.1. The summed E-state index contributed by atoms with van der Waals surface area (Å²) in [5.41, 5.74) is 0.638. The highest BCUT2D eigenvalue weighted by Crippen LogP contribution is 2.43. The van der Waals surface area contributed by atoms with Gasteiger partial charge in [-0.15, -0.1) is 24.8 Å². The quantitative estimate of drug-likeness (QED) is 0.711. The Hall–Kier alpha value is -0.0400. The number of methoxy groups -OCH3 is 1. The van der Waals surface area contributed by atoms with Crippen LogP contribution in [0, 0.1) is 0 Å². The summed E-state index contributed by atoms with van der Waals surface area (Å²) in [7, 11) is 1.68. The van der Waals surface area contributed by atoms with Crippen molar-refractivity contribution in [3.8, 4) is 5.75 Å². The molecule has 2 N–H and O–H groups in total. The summed E-state index contributed by atoms with van der Waals surface area (Å²) < 4.78 is 6.31.